The zero-order valence-electron chi connectivity index (χ0n) is 9.27. The summed E-state index contributed by atoms with van der Waals surface area (Å²) in [6.45, 7) is 0.655. The Labute approximate surface area is 101 Å². The van der Waals surface area contributed by atoms with Crippen LogP contribution in [-0.2, 0) is 9.47 Å². The first-order valence-corrected chi connectivity index (χ1v) is 5.59. The SMILES string of the molecule is COC(=O)c1sc(C(=O)OC)c2c1OCCO2. The summed E-state index contributed by atoms with van der Waals surface area (Å²) in [7, 11) is 2.52. The third-order valence-corrected chi connectivity index (χ3v) is 3.25. The molecule has 1 aromatic heterocycles. The van der Waals surface area contributed by atoms with Crippen molar-refractivity contribution in [1.82, 2.24) is 0 Å². The third-order valence-electron chi connectivity index (χ3n) is 2.14. The highest BCUT2D eigenvalue weighted by Crippen LogP contribution is 2.44. The fraction of sp³-hybridized carbons (Fsp3) is 0.400. The lowest BCUT2D eigenvalue weighted by molar-refractivity contribution is 0.0583. The molecule has 2 heterocycles. The van der Waals surface area contributed by atoms with Gasteiger partial charge >= 0.3 is 11.9 Å². The molecule has 0 unspecified atom stereocenters. The second kappa shape index (κ2) is 4.62. The number of ether oxygens (including phenoxy) is 4. The Bertz CT molecular complexity index is 423. The van der Waals surface area contributed by atoms with Crippen LogP contribution in [0.2, 0.25) is 0 Å². The van der Waals surface area contributed by atoms with Crippen molar-refractivity contribution in [3.8, 4) is 11.5 Å². The van der Waals surface area contributed by atoms with Crippen molar-refractivity contribution in [3.63, 3.8) is 0 Å². The molecule has 6 nitrogen and oxygen atoms in total. The van der Waals surface area contributed by atoms with Gasteiger partial charge in [0.15, 0.2) is 21.3 Å². The Kier molecular flexibility index (Phi) is 3.19. The molecular formula is C10H10O6S. The van der Waals surface area contributed by atoms with Crippen molar-refractivity contribution in [2.45, 2.75) is 0 Å². The van der Waals surface area contributed by atoms with Crippen LogP contribution >= 0.6 is 11.3 Å². The third kappa shape index (κ3) is 1.93. The molecule has 0 aromatic carbocycles. The summed E-state index contributed by atoms with van der Waals surface area (Å²) in [5.41, 5.74) is 0. The van der Waals surface area contributed by atoms with Crippen LogP contribution < -0.4 is 9.47 Å². The fourth-order valence-corrected chi connectivity index (χ4v) is 2.43. The molecule has 17 heavy (non-hydrogen) atoms. The molecular weight excluding hydrogens is 248 g/mol. The summed E-state index contributed by atoms with van der Waals surface area (Å²) < 4.78 is 19.9. The van der Waals surface area contributed by atoms with Crippen molar-refractivity contribution in [2.75, 3.05) is 27.4 Å². The van der Waals surface area contributed by atoms with Crippen LogP contribution in [0.25, 0.3) is 0 Å². The van der Waals surface area contributed by atoms with Gasteiger partial charge < -0.3 is 18.9 Å². The topological polar surface area (TPSA) is 71.1 Å². The van der Waals surface area contributed by atoms with Crippen LogP contribution in [0.4, 0.5) is 0 Å². The molecule has 0 fully saturated rings. The van der Waals surface area contributed by atoms with Gasteiger partial charge in [-0.2, -0.15) is 0 Å². The molecule has 1 aliphatic rings. The Morgan fingerprint density at radius 3 is 1.76 bits per heavy atom. The number of hydrogen-bond donors (Lipinski definition) is 0. The number of methoxy groups -OCH3 is 2. The summed E-state index contributed by atoms with van der Waals surface area (Å²) in [6, 6.07) is 0. The molecule has 92 valence electrons. The predicted molar refractivity (Wildman–Crippen MR) is 58.0 cm³/mol. The van der Waals surface area contributed by atoms with E-state index in [9.17, 15) is 9.59 Å². The molecule has 0 saturated carbocycles. The number of rotatable bonds is 2. The van der Waals surface area contributed by atoms with Crippen molar-refractivity contribution in [2.24, 2.45) is 0 Å². The normalized spacial score (nSPS) is 13.1. The van der Waals surface area contributed by atoms with Crippen LogP contribution in [-0.4, -0.2) is 39.4 Å². The first kappa shape index (κ1) is 11.7. The Morgan fingerprint density at radius 1 is 1.00 bits per heavy atom. The molecule has 0 saturated heterocycles. The van der Waals surface area contributed by atoms with E-state index in [2.05, 4.69) is 9.47 Å². The standard InChI is InChI=1S/C10H10O6S/c1-13-9(11)7-5-6(16-4-3-15-5)8(17-7)10(12)14-2/h3-4H2,1-2H3. The molecule has 0 N–H and O–H groups in total. The zero-order valence-corrected chi connectivity index (χ0v) is 10.1. The first-order valence-electron chi connectivity index (χ1n) is 4.78. The maximum Gasteiger partial charge on any atom is 0.352 e. The van der Waals surface area contributed by atoms with E-state index in [1.807, 2.05) is 0 Å². The molecule has 0 radical (unpaired) electrons. The number of fused-ring (bicyclic) bond motifs is 1. The zero-order chi connectivity index (χ0) is 12.4. The van der Waals surface area contributed by atoms with Crippen LogP contribution in [0.3, 0.4) is 0 Å². The van der Waals surface area contributed by atoms with Gasteiger partial charge in [-0.15, -0.1) is 11.3 Å². The van der Waals surface area contributed by atoms with Gasteiger partial charge in [0, 0.05) is 0 Å². The molecule has 1 aliphatic heterocycles. The minimum atomic E-state index is -0.563. The maximum atomic E-state index is 11.5. The lowest BCUT2D eigenvalue weighted by atomic mass is 10.3. The van der Waals surface area contributed by atoms with Gasteiger partial charge in [-0.3, -0.25) is 0 Å². The van der Waals surface area contributed by atoms with Gasteiger partial charge in [0.2, 0.25) is 0 Å². The highest BCUT2D eigenvalue weighted by atomic mass is 32.1. The van der Waals surface area contributed by atoms with E-state index in [-0.39, 0.29) is 21.3 Å². The van der Waals surface area contributed by atoms with Gasteiger partial charge in [0.05, 0.1) is 14.2 Å². The fourth-order valence-electron chi connectivity index (χ4n) is 1.40. The smallest absolute Gasteiger partial charge is 0.352 e. The van der Waals surface area contributed by atoms with E-state index in [0.29, 0.717) is 13.2 Å². The number of carbonyl (C=O) groups is 2. The van der Waals surface area contributed by atoms with Gasteiger partial charge in [-0.05, 0) is 0 Å². The van der Waals surface area contributed by atoms with Gasteiger partial charge in [0.1, 0.15) is 13.2 Å². The molecule has 7 heteroatoms. The molecule has 0 amide bonds. The summed E-state index contributed by atoms with van der Waals surface area (Å²) in [5.74, 6) is -0.610. The largest absolute Gasteiger partial charge is 0.484 e. The van der Waals surface area contributed by atoms with E-state index in [4.69, 9.17) is 9.47 Å². The second-order valence-corrected chi connectivity index (χ2v) is 4.12. The number of thiophene rings is 1. The molecule has 0 atom stereocenters. The minimum Gasteiger partial charge on any atom is -0.484 e. The highest BCUT2D eigenvalue weighted by Gasteiger charge is 2.32. The summed E-state index contributed by atoms with van der Waals surface area (Å²) >= 11 is 0.942. The summed E-state index contributed by atoms with van der Waals surface area (Å²) in [6.07, 6.45) is 0. The van der Waals surface area contributed by atoms with E-state index in [1.54, 1.807) is 0 Å². The number of carbonyl (C=O) groups excluding carboxylic acids is 2. The van der Waals surface area contributed by atoms with Crippen molar-refractivity contribution in [3.05, 3.63) is 9.75 Å². The summed E-state index contributed by atoms with van der Waals surface area (Å²) in [5, 5.41) is 0. The minimum absolute atomic E-state index is 0.211. The Morgan fingerprint density at radius 2 is 1.41 bits per heavy atom. The average molecular weight is 258 g/mol. The molecule has 2 rings (SSSR count). The average Bonchev–Trinajstić information content (AvgIpc) is 2.76. The quantitative estimate of drug-likeness (QED) is 0.739. The molecule has 0 bridgehead atoms. The van der Waals surface area contributed by atoms with Crippen molar-refractivity contribution >= 4 is 23.3 Å². The lowest BCUT2D eigenvalue weighted by Gasteiger charge is -2.16. The van der Waals surface area contributed by atoms with E-state index in [0.717, 1.165) is 11.3 Å². The van der Waals surface area contributed by atoms with E-state index < -0.39 is 11.9 Å². The molecule has 0 spiro atoms. The number of esters is 2. The van der Waals surface area contributed by atoms with Crippen LogP contribution in [0.15, 0.2) is 0 Å². The lowest BCUT2D eigenvalue weighted by Crippen LogP contribution is -2.17. The predicted octanol–water partition coefficient (Wildman–Crippen LogP) is 1.09. The Balaban J connectivity index is 2.51. The van der Waals surface area contributed by atoms with Crippen LogP contribution in [0.1, 0.15) is 19.3 Å². The van der Waals surface area contributed by atoms with Gasteiger partial charge in [-0.25, -0.2) is 9.59 Å². The van der Waals surface area contributed by atoms with Crippen LogP contribution in [0, 0.1) is 0 Å². The molecule has 0 aliphatic carbocycles. The highest BCUT2D eigenvalue weighted by molar-refractivity contribution is 7.16. The second-order valence-electron chi connectivity index (χ2n) is 3.10. The van der Waals surface area contributed by atoms with Crippen LogP contribution in [0.5, 0.6) is 11.5 Å². The van der Waals surface area contributed by atoms with Crippen molar-refractivity contribution < 1.29 is 28.5 Å². The molecule has 1 aromatic rings. The number of hydrogen-bond acceptors (Lipinski definition) is 7. The summed E-state index contributed by atoms with van der Waals surface area (Å²) in [4.78, 5) is 23.4. The van der Waals surface area contributed by atoms with E-state index in [1.165, 1.54) is 14.2 Å². The van der Waals surface area contributed by atoms with Gasteiger partial charge in [0.25, 0.3) is 0 Å². The monoisotopic (exact) mass is 258 g/mol. The van der Waals surface area contributed by atoms with Crippen molar-refractivity contribution in [1.29, 1.82) is 0 Å². The van der Waals surface area contributed by atoms with E-state index >= 15 is 0 Å². The first-order chi connectivity index (χ1) is 8.19. The maximum absolute atomic E-state index is 11.5. The Hall–Kier alpha value is -1.76. The van der Waals surface area contributed by atoms with Gasteiger partial charge in [-0.1, -0.05) is 0 Å².